The van der Waals surface area contributed by atoms with Gasteiger partial charge in [-0.25, -0.2) is 13.1 Å². The van der Waals surface area contributed by atoms with Crippen molar-refractivity contribution in [3.05, 3.63) is 0 Å². The Morgan fingerprint density at radius 2 is 1.83 bits per heavy atom. The second kappa shape index (κ2) is 7.46. The van der Waals surface area contributed by atoms with Crippen LogP contribution < -0.4 is 4.72 Å². The van der Waals surface area contributed by atoms with Crippen molar-refractivity contribution in [1.82, 2.24) is 4.72 Å². The summed E-state index contributed by atoms with van der Waals surface area (Å²) >= 11 is 0. The van der Waals surface area contributed by atoms with Gasteiger partial charge in [-0.05, 0) is 31.1 Å². The van der Waals surface area contributed by atoms with Gasteiger partial charge in [0.2, 0.25) is 10.0 Å². The van der Waals surface area contributed by atoms with Gasteiger partial charge in [-0.15, -0.1) is 0 Å². The average molecular weight is 277 g/mol. The third-order valence-electron chi connectivity index (χ3n) is 3.46. The van der Waals surface area contributed by atoms with Gasteiger partial charge < -0.3 is 5.11 Å². The smallest absolute Gasteiger partial charge is 0.211 e. The standard InChI is InChI=1S/C13H27NO3S/c1-11(2)8-13(15)9-14-18(16,17)10-12-6-4-3-5-7-12/h11-15H,3-10H2,1-2H3. The van der Waals surface area contributed by atoms with Crippen molar-refractivity contribution in [2.24, 2.45) is 11.8 Å². The molecule has 0 amide bonds. The number of nitrogens with one attached hydrogen (secondary N) is 1. The lowest BCUT2D eigenvalue weighted by Gasteiger charge is -2.22. The quantitative estimate of drug-likeness (QED) is 0.747. The Morgan fingerprint density at radius 3 is 2.39 bits per heavy atom. The zero-order chi connectivity index (χ0) is 13.6. The first-order chi connectivity index (χ1) is 8.39. The SMILES string of the molecule is CC(C)CC(O)CNS(=O)(=O)CC1CCCCC1. The van der Waals surface area contributed by atoms with E-state index in [0.717, 1.165) is 25.7 Å². The summed E-state index contributed by atoms with van der Waals surface area (Å²) in [6.45, 7) is 4.17. The van der Waals surface area contributed by atoms with Crippen LogP contribution in [0.15, 0.2) is 0 Å². The predicted molar refractivity (Wildman–Crippen MR) is 73.8 cm³/mol. The van der Waals surface area contributed by atoms with Gasteiger partial charge in [-0.2, -0.15) is 0 Å². The van der Waals surface area contributed by atoms with E-state index in [0.29, 0.717) is 18.3 Å². The lowest BCUT2D eigenvalue weighted by atomic mass is 9.91. The largest absolute Gasteiger partial charge is 0.392 e. The number of sulfonamides is 1. The lowest BCUT2D eigenvalue weighted by Crippen LogP contribution is -2.36. The van der Waals surface area contributed by atoms with E-state index < -0.39 is 16.1 Å². The fraction of sp³-hybridized carbons (Fsp3) is 1.00. The third-order valence-corrected chi connectivity index (χ3v) is 4.98. The monoisotopic (exact) mass is 277 g/mol. The third kappa shape index (κ3) is 6.71. The Balaban J connectivity index is 2.30. The van der Waals surface area contributed by atoms with Gasteiger partial charge in [-0.1, -0.05) is 33.1 Å². The second-order valence-corrected chi connectivity index (χ2v) is 7.77. The van der Waals surface area contributed by atoms with Gasteiger partial charge in [-0.3, -0.25) is 0 Å². The number of hydrogen-bond donors (Lipinski definition) is 2. The number of aliphatic hydroxyl groups is 1. The maximum atomic E-state index is 11.9. The van der Waals surface area contributed by atoms with Gasteiger partial charge >= 0.3 is 0 Å². The Morgan fingerprint density at radius 1 is 1.22 bits per heavy atom. The maximum Gasteiger partial charge on any atom is 0.211 e. The summed E-state index contributed by atoms with van der Waals surface area (Å²) in [4.78, 5) is 0. The highest BCUT2D eigenvalue weighted by atomic mass is 32.2. The van der Waals surface area contributed by atoms with Crippen LogP contribution in [0.2, 0.25) is 0 Å². The molecule has 0 aromatic carbocycles. The molecule has 5 heteroatoms. The normalized spacial score (nSPS) is 20.2. The van der Waals surface area contributed by atoms with Gasteiger partial charge in [0, 0.05) is 6.54 Å². The van der Waals surface area contributed by atoms with E-state index >= 15 is 0 Å². The Labute approximate surface area is 111 Å². The van der Waals surface area contributed by atoms with E-state index in [1.165, 1.54) is 6.42 Å². The first-order valence-electron chi connectivity index (χ1n) is 7.04. The summed E-state index contributed by atoms with van der Waals surface area (Å²) in [5, 5.41) is 9.66. The fourth-order valence-corrected chi connectivity index (χ4v) is 4.09. The zero-order valence-corrected chi connectivity index (χ0v) is 12.4. The molecule has 2 N–H and O–H groups in total. The first kappa shape index (κ1) is 15.9. The molecule has 0 saturated heterocycles. The molecule has 0 aromatic heterocycles. The molecule has 0 radical (unpaired) electrons. The topological polar surface area (TPSA) is 66.4 Å². The maximum absolute atomic E-state index is 11.9. The first-order valence-corrected chi connectivity index (χ1v) is 8.69. The lowest BCUT2D eigenvalue weighted by molar-refractivity contribution is 0.152. The van der Waals surface area contributed by atoms with Gasteiger partial charge in [0.05, 0.1) is 11.9 Å². The van der Waals surface area contributed by atoms with Crippen molar-refractivity contribution in [3.8, 4) is 0 Å². The summed E-state index contributed by atoms with van der Waals surface area (Å²) in [6.07, 6.45) is 5.63. The molecule has 0 aromatic rings. The molecule has 0 aliphatic heterocycles. The highest BCUT2D eigenvalue weighted by Crippen LogP contribution is 2.24. The van der Waals surface area contributed by atoms with E-state index in [1.54, 1.807) is 0 Å². The minimum atomic E-state index is -3.22. The van der Waals surface area contributed by atoms with Crippen LogP contribution in [0.25, 0.3) is 0 Å². The molecule has 0 spiro atoms. The highest BCUT2D eigenvalue weighted by Gasteiger charge is 2.21. The van der Waals surface area contributed by atoms with Gasteiger partial charge in [0.25, 0.3) is 0 Å². The highest BCUT2D eigenvalue weighted by molar-refractivity contribution is 7.89. The summed E-state index contributed by atoms with van der Waals surface area (Å²) in [6, 6.07) is 0. The summed E-state index contributed by atoms with van der Waals surface area (Å²) in [5.41, 5.74) is 0. The van der Waals surface area contributed by atoms with E-state index in [4.69, 9.17) is 0 Å². The molecule has 1 rings (SSSR count). The number of rotatable bonds is 7. The molecule has 4 nitrogen and oxygen atoms in total. The molecule has 1 unspecified atom stereocenters. The molecule has 1 fully saturated rings. The molecule has 1 aliphatic rings. The van der Waals surface area contributed by atoms with Crippen LogP contribution in [0.5, 0.6) is 0 Å². The van der Waals surface area contributed by atoms with E-state index in [1.807, 2.05) is 13.8 Å². The summed E-state index contributed by atoms with van der Waals surface area (Å²) < 4.78 is 26.3. The van der Waals surface area contributed by atoms with Crippen LogP contribution in [-0.2, 0) is 10.0 Å². The average Bonchev–Trinajstić information content (AvgIpc) is 2.26. The number of hydrogen-bond acceptors (Lipinski definition) is 3. The van der Waals surface area contributed by atoms with Crippen LogP contribution in [0.1, 0.15) is 52.4 Å². The van der Waals surface area contributed by atoms with Crippen LogP contribution in [0, 0.1) is 11.8 Å². The molecular weight excluding hydrogens is 250 g/mol. The fourth-order valence-electron chi connectivity index (χ4n) is 2.57. The van der Waals surface area contributed by atoms with Gasteiger partial charge in [0.15, 0.2) is 0 Å². The van der Waals surface area contributed by atoms with Crippen molar-refractivity contribution < 1.29 is 13.5 Å². The van der Waals surface area contributed by atoms with E-state index in [-0.39, 0.29) is 12.3 Å². The zero-order valence-electron chi connectivity index (χ0n) is 11.6. The predicted octanol–water partition coefficient (Wildman–Crippen LogP) is 1.89. The Kier molecular flexibility index (Phi) is 6.60. The molecule has 1 atom stereocenters. The van der Waals surface area contributed by atoms with Crippen molar-refractivity contribution in [2.75, 3.05) is 12.3 Å². The summed E-state index contributed by atoms with van der Waals surface area (Å²) in [5.74, 6) is 0.905. The second-order valence-electron chi connectivity index (χ2n) is 5.92. The Bertz CT molecular complexity index is 321. The molecule has 0 bridgehead atoms. The van der Waals surface area contributed by atoms with Crippen molar-refractivity contribution in [3.63, 3.8) is 0 Å². The van der Waals surface area contributed by atoms with Crippen LogP contribution in [0.4, 0.5) is 0 Å². The molecule has 18 heavy (non-hydrogen) atoms. The molecule has 1 aliphatic carbocycles. The Hall–Kier alpha value is -0.130. The minimum absolute atomic E-state index is 0.146. The molecular formula is C13H27NO3S. The van der Waals surface area contributed by atoms with Crippen molar-refractivity contribution >= 4 is 10.0 Å². The summed E-state index contributed by atoms with van der Waals surface area (Å²) in [7, 11) is -3.22. The van der Waals surface area contributed by atoms with E-state index in [2.05, 4.69) is 4.72 Å². The van der Waals surface area contributed by atoms with Gasteiger partial charge in [0.1, 0.15) is 0 Å². The van der Waals surface area contributed by atoms with Crippen LogP contribution in [-0.4, -0.2) is 31.9 Å². The van der Waals surface area contributed by atoms with Crippen LogP contribution in [0.3, 0.4) is 0 Å². The minimum Gasteiger partial charge on any atom is -0.392 e. The molecule has 0 heterocycles. The molecule has 1 saturated carbocycles. The number of aliphatic hydroxyl groups excluding tert-OH is 1. The molecule has 108 valence electrons. The van der Waals surface area contributed by atoms with E-state index in [9.17, 15) is 13.5 Å². The van der Waals surface area contributed by atoms with Crippen LogP contribution >= 0.6 is 0 Å². The van der Waals surface area contributed by atoms with Crippen molar-refractivity contribution in [1.29, 1.82) is 0 Å². The van der Waals surface area contributed by atoms with Crippen molar-refractivity contribution in [2.45, 2.75) is 58.5 Å².